The number of hydrogen-bond acceptors (Lipinski definition) is 1. The average molecular weight is 748 g/mol. The summed E-state index contributed by atoms with van der Waals surface area (Å²) in [7, 11) is 0. The second kappa shape index (κ2) is 10.6. The summed E-state index contributed by atoms with van der Waals surface area (Å²) in [4.78, 5) is 0. The van der Waals surface area contributed by atoms with Crippen LogP contribution in [0.4, 0.5) is 11.4 Å². The van der Waals surface area contributed by atoms with E-state index in [0.717, 1.165) is 49.8 Å². The molecule has 1 aromatic heterocycles. The average Bonchev–Trinajstić information content (AvgIpc) is 3.49. The van der Waals surface area contributed by atoms with Gasteiger partial charge in [-0.05, 0) is 0 Å². The molecule has 2 aliphatic rings. The molecule has 0 bridgehead atoms. The molecule has 7 aromatic carbocycles. The quantitative estimate of drug-likeness (QED) is 0.126. The maximum atomic E-state index is 16.5. The molecule has 2 nitrogen and oxygen atoms in total. The van der Waals surface area contributed by atoms with Gasteiger partial charge in [0.2, 0.25) is 0 Å². The molecule has 0 saturated carbocycles. The summed E-state index contributed by atoms with van der Waals surface area (Å²) in [5.74, 6) is 0. The fraction of sp³-hybridized carbons (Fsp3) is 0.0233. The molecule has 3 heterocycles. The van der Waals surface area contributed by atoms with Crippen molar-refractivity contribution < 1.29 is 5.72 Å². The van der Waals surface area contributed by atoms with E-state index in [-0.39, 0.29) is 10.3 Å². The molecule has 10 rings (SSSR count). The molecule has 0 atom stereocenters. The van der Waals surface area contributed by atoms with Crippen LogP contribution in [0.5, 0.6) is 0 Å². The zero-order chi connectivity index (χ0) is 32.7. The van der Waals surface area contributed by atoms with Crippen LogP contribution in [0.1, 0.15) is 22.3 Å². The van der Waals surface area contributed by atoms with Crippen molar-refractivity contribution in [1.82, 2.24) is 4.57 Å². The van der Waals surface area contributed by atoms with E-state index in [2.05, 4.69) is 117 Å². The Hall–Kier alpha value is -5.21. The van der Waals surface area contributed by atoms with Gasteiger partial charge in [0.25, 0.3) is 0 Å². The standard InChI is InChI=1S/C43H28BF2IN2/c45-47(46,48-32-18-8-3-9-19-32)31-26-27-35-38(28-31)44-37-23-12-21-34-33-20-10-11-24-39(33)49(42(34)37)40-25-13-22-36(41(40)44)43(35,29-14-4-1-5-15-29)30-16-6-2-7-17-30/h1-28H. The number of benzene rings is 7. The molecule has 0 radical (unpaired) electrons. The van der Waals surface area contributed by atoms with Crippen LogP contribution in [0, 0.1) is 3.57 Å². The molecule has 0 saturated heterocycles. The van der Waals surface area contributed by atoms with Crippen LogP contribution >= 0.6 is 19.4 Å². The Morgan fingerprint density at radius 3 is 1.92 bits per heavy atom. The number of aromatic nitrogens is 1. The third-order valence-corrected chi connectivity index (χ3v) is 13.8. The topological polar surface area (TPSA) is 17.3 Å². The van der Waals surface area contributed by atoms with Gasteiger partial charge < -0.3 is 0 Å². The molecular weight excluding hydrogens is 720 g/mol. The second-order valence-corrected chi connectivity index (χ2v) is 16.9. The Balaban J connectivity index is 1.39. The van der Waals surface area contributed by atoms with E-state index in [1.165, 1.54) is 16.3 Å². The number of halogens is 3. The first-order chi connectivity index (χ1) is 24.1. The number of rotatable bonds is 4. The van der Waals surface area contributed by atoms with Crippen LogP contribution in [0.3, 0.4) is 0 Å². The van der Waals surface area contributed by atoms with E-state index in [9.17, 15) is 0 Å². The van der Waals surface area contributed by atoms with Crippen LogP contribution in [0.15, 0.2) is 173 Å². The second-order valence-electron chi connectivity index (χ2n) is 12.8. The predicted molar refractivity (Wildman–Crippen MR) is 207 cm³/mol. The van der Waals surface area contributed by atoms with Crippen LogP contribution in [-0.2, 0) is 5.41 Å². The first-order valence-electron chi connectivity index (χ1n) is 16.4. The fourth-order valence-electron chi connectivity index (χ4n) is 8.61. The molecule has 2 aliphatic heterocycles. The van der Waals surface area contributed by atoms with Gasteiger partial charge >= 0.3 is 290 Å². The monoisotopic (exact) mass is 748 g/mol. The molecule has 8 aromatic rings. The van der Waals surface area contributed by atoms with Gasteiger partial charge in [0.05, 0.1) is 0 Å². The third kappa shape index (κ3) is 3.98. The van der Waals surface area contributed by atoms with Crippen molar-refractivity contribution in [2.45, 2.75) is 5.41 Å². The van der Waals surface area contributed by atoms with E-state index in [0.29, 0.717) is 5.69 Å². The SMILES string of the molecule is FI(F)(=Nc1ccccc1)c1ccc2c(c1)B1c3c(cccc3C2(c2ccccc2)c2ccccc2)-n2c3ccccc3c3cccc1c32. The molecule has 0 N–H and O–H groups in total. The van der Waals surface area contributed by atoms with Gasteiger partial charge in [-0.3, -0.25) is 0 Å². The van der Waals surface area contributed by atoms with Gasteiger partial charge in [-0.1, -0.05) is 0 Å². The van der Waals surface area contributed by atoms with Crippen LogP contribution < -0.4 is 16.4 Å². The van der Waals surface area contributed by atoms with Crippen LogP contribution in [0.25, 0.3) is 27.5 Å². The Morgan fingerprint density at radius 2 is 1.18 bits per heavy atom. The molecule has 0 amide bonds. The normalized spacial score (nSPS) is 14.4. The van der Waals surface area contributed by atoms with Gasteiger partial charge in [0.15, 0.2) is 0 Å². The fourth-order valence-corrected chi connectivity index (χ4v) is 11.2. The molecule has 6 heteroatoms. The Bertz CT molecular complexity index is 2610. The summed E-state index contributed by atoms with van der Waals surface area (Å²) in [6, 6.07) is 57.0. The van der Waals surface area contributed by atoms with E-state index < -0.39 is 24.8 Å². The van der Waals surface area contributed by atoms with Crippen molar-refractivity contribution in [2.75, 3.05) is 0 Å². The summed E-state index contributed by atoms with van der Waals surface area (Å²) >= 11 is -5.79. The van der Waals surface area contributed by atoms with E-state index in [1.807, 2.05) is 30.3 Å². The van der Waals surface area contributed by atoms with Crippen molar-refractivity contribution in [3.8, 4) is 5.69 Å². The molecule has 0 unspecified atom stereocenters. The minimum absolute atomic E-state index is 0.0590. The Kier molecular flexibility index (Phi) is 6.25. The van der Waals surface area contributed by atoms with Crippen LogP contribution in [0.2, 0.25) is 0 Å². The minimum atomic E-state index is -5.79. The van der Waals surface area contributed by atoms with Gasteiger partial charge in [-0.2, -0.15) is 0 Å². The molecule has 234 valence electrons. The first-order valence-corrected chi connectivity index (χ1v) is 20.1. The Labute approximate surface area is 288 Å². The zero-order valence-electron chi connectivity index (χ0n) is 26.3. The van der Waals surface area contributed by atoms with Crippen molar-refractivity contribution in [3.63, 3.8) is 0 Å². The van der Waals surface area contributed by atoms with Gasteiger partial charge in [0.1, 0.15) is 0 Å². The van der Waals surface area contributed by atoms with E-state index >= 15 is 5.72 Å². The summed E-state index contributed by atoms with van der Waals surface area (Å²) in [5, 5.41) is 2.36. The van der Waals surface area contributed by atoms with Gasteiger partial charge in [0, 0.05) is 0 Å². The van der Waals surface area contributed by atoms with Crippen molar-refractivity contribution in [1.29, 1.82) is 0 Å². The molecule has 0 aliphatic carbocycles. The Morgan fingerprint density at radius 1 is 0.551 bits per heavy atom. The summed E-state index contributed by atoms with van der Waals surface area (Å²) in [6.07, 6.45) is 0. The van der Waals surface area contributed by atoms with Crippen molar-refractivity contribution >= 4 is 70.0 Å². The summed E-state index contributed by atoms with van der Waals surface area (Å²) in [5.41, 5.74) is 10.6. The predicted octanol–water partition coefficient (Wildman–Crippen LogP) is 9.81. The number of para-hydroxylation sites is 2. The molecule has 0 spiro atoms. The summed E-state index contributed by atoms with van der Waals surface area (Å²) in [6.45, 7) is -0.240. The number of hydrogen-bond donors (Lipinski definition) is 0. The maximum absolute atomic E-state index is 16.5. The van der Waals surface area contributed by atoms with E-state index in [4.69, 9.17) is 0 Å². The first kappa shape index (κ1) is 28.8. The number of nitrogens with zero attached hydrogens (tertiary/aromatic N) is 2. The summed E-state index contributed by atoms with van der Waals surface area (Å²) < 4.78 is 39.6. The molecule has 49 heavy (non-hydrogen) atoms. The third-order valence-electron chi connectivity index (χ3n) is 10.4. The van der Waals surface area contributed by atoms with E-state index in [1.54, 1.807) is 30.3 Å². The molecule has 0 fully saturated rings. The van der Waals surface area contributed by atoms with Gasteiger partial charge in [-0.15, -0.1) is 0 Å². The van der Waals surface area contributed by atoms with Crippen molar-refractivity contribution in [2.24, 2.45) is 3.15 Å². The number of fused-ring (bicyclic) bond motifs is 7. The van der Waals surface area contributed by atoms with Gasteiger partial charge in [-0.25, -0.2) is 0 Å². The molecular formula is C43H28BF2IN2. The van der Waals surface area contributed by atoms with Crippen LogP contribution in [-0.4, -0.2) is 11.3 Å². The van der Waals surface area contributed by atoms with Crippen molar-refractivity contribution in [3.05, 3.63) is 196 Å². The zero-order valence-corrected chi connectivity index (χ0v) is 28.4.